The lowest BCUT2D eigenvalue weighted by Crippen LogP contribution is -2.13. The number of H-pyrrole nitrogens is 1. The van der Waals surface area contributed by atoms with Crippen LogP contribution >= 0.6 is 15.9 Å². The van der Waals surface area contributed by atoms with Crippen molar-refractivity contribution in [2.45, 2.75) is 0 Å². The summed E-state index contributed by atoms with van der Waals surface area (Å²) in [4.78, 5) is 15.8. The highest BCUT2D eigenvalue weighted by Crippen LogP contribution is 2.08. The maximum atomic E-state index is 10.9. The van der Waals surface area contributed by atoms with Crippen LogP contribution in [0.25, 0.3) is 0 Å². The van der Waals surface area contributed by atoms with Gasteiger partial charge < -0.3 is 9.88 Å². The monoisotopic (exact) mass is 216 g/mol. The number of nitrogens with one attached hydrogen (secondary N) is 1. The van der Waals surface area contributed by atoms with Crippen LogP contribution in [0.2, 0.25) is 0 Å². The first-order valence-electron chi connectivity index (χ1n) is 3.17. The van der Waals surface area contributed by atoms with E-state index in [2.05, 4.69) is 20.9 Å². The number of aromatic amines is 1. The van der Waals surface area contributed by atoms with Crippen molar-refractivity contribution < 1.29 is 0 Å². The summed E-state index contributed by atoms with van der Waals surface area (Å²) in [6.45, 7) is 0. The van der Waals surface area contributed by atoms with Gasteiger partial charge in [-0.1, -0.05) is 0 Å². The highest BCUT2D eigenvalue weighted by molar-refractivity contribution is 9.10. The second-order valence-corrected chi connectivity index (χ2v) is 3.30. The van der Waals surface area contributed by atoms with E-state index in [1.165, 1.54) is 6.07 Å². The third-order valence-corrected chi connectivity index (χ3v) is 1.70. The second kappa shape index (κ2) is 3.09. The highest BCUT2D eigenvalue weighted by atomic mass is 79.9. The molecule has 1 rings (SSSR count). The molecule has 0 saturated carbocycles. The predicted molar refractivity (Wildman–Crippen MR) is 49.1 cm³/mol. The fraction of sp³-hybridized carbons (Fsp3) is 0.286. The molecule has 0 radical (unpaired) electrons. The van der Waals surface area contributed by atoms with E-state index in [0.717, 1.165) is 5.82 Å². The minimum Gasteiger partial charge on any atom is -0.364 e. The SMILES string of the molecule is CN(C)c1cc(=O)cc(Br)[nH]1. The Labute approximate surface area is 73.2 Å². The molecular formula is C7H9BrN2O. The third-order valence-electron chi connectivity index (χ3n) is 1.28. The molecule has 0 amide bonds. The van der Waals surface area contributed by atoms with Gasteiger partial charge in [-0.2, -0.15) is 0 Å². The van der Waals surface area contributed by atoms with Crippen LogP contribution in [0.3, 0.4) is 0 Å². The molecule has 1 aromatic heterocycles. The minimum atomic E-state index is -0.000625. The fourth-order valence-corrected chi connectivity index (χ4v) is 1.17. The molecule has 0 aliphatic carbocycles. The molecule has 0 atom stereocenters. The smallest absolute Gasteiger partial charge is 0.184 e. The van der Waals surface area contributed by atoms with Crippen LogP contribution in [0, 0.1) is 0 Å². The topological polar surface area (TPSA) is 36.1 Å². The van der Waals surface area contributed by atoms with E-state index >= 15 is 0 Å². The first kappa shape index (κ1) is 8.33. The summed E-state index contributed by atoms with van der Waals surface area (Å²) in [5, 5.41) is 0. The quantitative estimate of drug-likeness (QED) is 0.717. The van der Waals surface area contributed by atoms with Crippen molar-refractivity contribution in [3.63, 3.8) is 0 Å². The summed E-state index contributed by atoms with van der Waals surface area (Å²) in [5.74, 6) is 0.796. The Balaban J connectivity index is 3.19. The van der Waals surface area contributed by atoms with E-state index in [-0.39, 0.29) is 5.43 Å². The molecule has 1 heterocycles. The molecule has 0 bridgehead atoms. The molecule has 0 aliphatic heterocycles. The number of pyridine rings is 1. The summed E-state index contributed by atoms with van der Waals surface area (Å²) < 4.78 is 0.703. The van der Waals surface area contributed by atoms with Crippen molar-refractivity contribution in [3.05, 3.63) is 27.0 Å². The average molecular weight is 217 g/mol. The molecule has 4 heteroatoms. The molecule has 0 unspecified atom stereocenters. The van der Waals surface area contributed by atoms with Gasteiger partial charge in [0, 0.05) is 26.2 Å². The van der Waals surface area contributed by atoms with E-state index in [0.29, 0.717) is 4.60 Å². The van der Waals surface area contributed by atoms with Gasteiger partial charge in [0.05, 0.1) is 4.60 Å². The molecule has 1 N–H and O–H groups in total. The minimum absolute atomic E-state index is 0.000625. The van der Waals surface area contributed by atoms with Gasteiger partial charge in [-0.15, -0.1) is 0 Å². The number of halogens is 1. The lowest BCUT2D eigenvalue weighted by molar-refractivity contribution is 1.05. The lowest BCUT2D eigenvalue weighted by Gasteiger charge is -2.11. The Morgan fingerprint density at radius 1 is 1.45 bits per heavy atom. The summed E-state index contributed by atoms with van der Waals surface area (Å²) in [7, 11) is 3.75. The fourth-order valence-electron chi connectivity index (χ4n) is 0.737. The van der Waals surface area contributed by atoms with E-state index in [4.69, 9.17) is 0 Å². The van der Waals surface area contributed by atoms with E-state index in [1.54, 1.807) is 6.07 Å². The van der Waals surface area contributed by atoms with Gasteiger partial charge in [0.2, 0.25) is 0 Å². The number of hydrogen-bond acceptors (Lipinski definition) is 2. The third kappa shape index (κ3) is 2.08. The van der Waals surface area contributed by atoms with Gasteiger partial charge in [0.1, 0.15) is 5.82 Å². The summed E-state index contributed by atoms with van der Waals surface area (Å²) >= 11 is 3.20. The number of hydrogen-bond donors (Lipinski definition) is 1. The zero-order valence-electron chi connectivity index (χ0n) is 6.39. The summed E-state index contributed by atoms with van der Waals surface area (Å²) in [6.07, 6.45) is 0. The normalized spacial score (nSPS) is 9.73. The van der Waals surface area contributed by atoms with E-state index < -0.39 is 0 Å². The molecule has 1 aromatic rings. The molecule has 0 aliphatic rings. The zero-order chi connectivity index (χ0) is 8.43. The van der Waals surface area contributed by atoms with Gasteiger partial charge in [-0.25, -0.2) is 0 Å². The molecule has 0 spiro atoms. The van der Waals surface area contributed by atoms with Gasteiger partial charge in [-0.05, 0) is 15.9 Å². The molecule has 0 saturated heterocycles. The number of rotatable bonds is 1. The van der Waals surface area contributed by atoms with Crippen molar-refractivity contribution in [1.82, 2.24) is 4.98 Å². The van der Waals surface area contributed by atoms with Crippen LogP contribution in [-0.2, 0) is 0 Å². The van der Waals surface area contributed by atoms with Gasteiger partial charge in [0.25, 0.3) is 0 Å². The van der Waals surface area contributed by atoms with E-state index in [9.17, 15) is 4.79 Å². The number of nitrogens with zero attached hydrogens (tertiary/aromatic N) is 1. The van der Waals surface area contributed by atoms with Crippen LogP contribution in [0.15, 0.2) is 21.5 Å². The first-order chi connectivity index (χ1) is 5.09. The second-order valence-electron chi connectivity index (χ2n) is 2.44. The van der Waals surface area contributed by atoms with Crippen molar-refractivity contribution in [1.29, 1.82) is 0 Å². The van der Waals surface area contributed by atoms with Crippen molar-refractivity contribution in [3.8, 4) is 0 Å². The zero-order valence-corrected chi connectivity index (χ0v) is 7.97. The molecule has 60 valence electrons. The van der Waals surface area contributed by atoms with Crippen LogP contribution < -0.4 is 10.3 Å². The molecule has 0 fully saturated rings. The highest BCUT2D eigenvalue weighted by Gasteiger charge is 1.97. The van der Waals surface area contributed by atoms with Gasteiger partial charge in [0.15, 0.2) is 5.43 Å². The van der Waals surface area contributed by atoms with Crippen molar-refractivity contribution in [2.24, 2.45) is 0 Å². The Kier molecular flexibility index (Phi) is 2.34. The first-order valence-corrected chi connectivity index (χ1v) is 3.96. The Bertz CT molecular complexity index is 306. The predicted octanol–water partition coefficient (Wildman–Crippen LogP) is 1.20. The van der Waals surface area contributed by atoms with Crippen LogP contribution in [0.1, 0.15) is 0 Å². The lowest BCUT2D eigenvalue weighted by atomic mass is 10.4. The van der Waals surface area contributed by atoms with Crippen LogP contribution in [-0.4, -0.2) is 19.1 Å². The largest absolute Gasteiger partial charge is 0.364 e. The molecular weight excluding hydrogens is 208 g/mol. The molecule has 0 aromatic carbocycles. The van der Waals surface area contributed by atoms with Crippen LogP contribution in [0.5, 0.6) is 0 Å². The summed E-state index contributed by atoms with van der Waals surface area (Å²) in [5.41, 5.74) is -0.000625. The molecule has 3 nitrogen and oxygen atoms in total. The van der Waals surface area contributed by atoms with E-state index in [1.807, 2.05) is 19.0 Å². The van der Waals surface area contributed by atoms with Crippen molar-refractivity contribution >= 4 is 21.7 Å². The van der Waals surface area contributed by atoms with Gasteiger partial charge >= 0.3 is 0 Å². The Morgan fingerprint density at radius 2 is 2.09 bits per heavy atom. The number of anilines is 1. The van der Waals surface area contributed by atoms with Gasteiger partial charge in [-0.3, -0.25) is 4.79 Å². The average Bonchev–Trinajstić information content (AvgIpc) is 1.85. The maximum absolute atomic E-state index is 10.9. The van der Waals surface area contributed by atoms with Crippen LogP contribution in [0.4, 0.5) is 5.82 Å². The Morgan fingerprint density at radius 3 is 2.55 bits per heavy atom. The summed E-state index contributed by atoms with van der Waals surface area (Å²) in [6, 6.07) is 3.04. The number of aromatic nitrogens is 1. The standard InChI is InChI=1S/C7H9BrN2O/c1-10(2)7-4-5(11)3-6(8)9-7/h3-4H,1-2H3,(H,9,11). The Hall–Kier alpha value is -0.770. The van der Waals surface area contributed by atoms with Crippen molar-refractivity contribution in [2.75, 3.05) is 19.0 Å². The maximum Gasteiger partial charge on any atom is 0.184 e. The molecule has 11 heavy (non-hydrogen) atoms.